The molecular formula is C74H98N8O22. The number of aliphatic hydroxyl groups excluding tert-OH is 2. The van der Waals surface area contributed by atoms with Crippen molar-refractivity contribution in [1.82, 2.24) is 31.1 Å². The molecule has 5 aliphatic rings. The first-order valence-corrected chi connectivity index (χ1v) is 34.9. The number of rotatable bonds is 25. The first-order valence-electron chi connectivity index (χ1n) is 34.9. The smallest absolute Gasteiger partial charge is 0.410 e. The van der Waals surface area contributed by atoms with Crippen LogP contribution >= 0.6 is 0 Å². The number of piperazine rings is 1. The minimum atomic E-state index is -2.52. The van der Waals surface area contributed by atoms with E-state index in [1.807, 2.05) is 0 Å². The minimum Gasteiger partial charge on any atom is -0.455 e. The van der Waals surface area contributed by atoms with E-state index in [-0.39, 0.29) is 112 Å². The molecule has 2 saturated heterocycles. The van der Waals surface area contributed by atoms with Crippen molar-refractivity contribution in [3.05, 3.63) is 113 Å². The van der Waals surface area contributed by atoms with Crippen molar-refractivity contribution in [2.24, 2.45) is 34.3 Å². The number of aliphatic hydroxyl groups is 3. The van der Waals surface area contributed by atoms with Crippen LogP contribution in [0.4, 0.5) is 24.9 Å². The topological polar surface area (TPSA) is 423 Å². The van der Waals surface area contributed by atoms with Gasteiger partial charge in [0.1, 0.15) is 66.1 Å². The molecule has 8 amide bonds. The Hall–Kier alpha value is -9.52. The number of nitrogens with two attached hydrogens (primary N) is 1. The number of hydrogen-bond donors (Lipinski definition) is 9. The SMILES string of the molecule is CC(=O)O[C@@]12CO[C@@H]1C[C@H](O)[C@@]1(C)C(=O)[C@H](O)C3=C(C)[C@@H](OC(=O)[C@H](OC(=O)N4CCN(C(=O)OCc5ccc(NC(=O)[C@H](CCCNC(N)=O)NC(=O)[C@@H](NC(=O)CCC(=O)C(C)C)C(C)C)cc5)CC4)[C@@H](NC(=O)OC(C)(C)C)c4ccccc4)C[C@@](O)([C@@H](OC(=O)c4ccccc4)[C@H]21)C3(C)C. The van der Waals surface area contributed by atoms with Crippen LogP contribution in [-0.4, -0.2) is 201 Å². The zero-order valence-electron chi connectivity index (χ0n) is 60.8. The molecule has 2 bridgehead atoms. The molecule has 2 aliphatic heterocycles. The first kappa shape index (κ1) is 80.2. The van der Waals surface area contributed by atoms with Crippen LogP contribution in [0.1, 0.15) is 149 Å². The lowest BCUT2D eigenvalue weighted by Gasteiger charge is -2.67. The van der Waals surface area contributed by atoms with E-state index in [1.54, 1.807) is 109 Å². The molecule has 2 saturated carbocycles. The van der Waals surface area contributed by atoms with Gasteiger partial charge in [0, 0.05) is 82.4 Å². The number of primary amides is 1. The number of carbonyl (C=O) groups excluding carboxylic acids is 12. The molecule has 4 fully saturated rings. The predicted octanol–water partition coefficient (Wildman–Crippen LogP) is 5.38. The van der Waals surface area contributed by atoms with E-state index in [0.717, 1.165) is 6.92 Å². The molecule has 566 valence electrons. The highest BCUT2D eigenvalue weighted by Gasteiger charge is 2.78. The molecule has 0 spiro atoms. The van der Waals surface area contributed by atoms with E-state index in [2.05, 4.69) is 26.6 Å². The highest BCUT2D eigenvalue weighted by Crippen LogP contribution is 2.64. The van der Waals surface area contributed by atoms with Crippen LogP contribution in [0.2, 0.25) is 0 Å². The normalized spacial score (nSPS) is 25.2. The fourth-order valence-electron chi connectivity index (χ4n) is 14.4. The largest absolute Gasteiger partial charge is 0.455 e. The Bertz CT molecular complexity index is 3720. The van der Waals surface area contributed by atoms with Gasteiger partial charge in [0.2, 0.25) is 23.8 Å². The Morgan fingerprint density at radius 3 is 1.96 bits per heavy atom. The van der Waals surface area contributed by atoms with Gasteiger partial charge in [-0.1, -0.05) is 102 Å². The third-order valence-electron chi connectivity index (χ3n) is 20.3. The maximum Gasteiger partial charge on any atom is 0.410 e. The Morgan fingerprint density at radius 1 is 0.779 bits per heavy atom. The zero-order valence-corrected chi connectivity index (χ0v) is 60.8. The molecule has 2 heterocycles. The van der Waals surface area contributed by atoms with E-state index >= 15 is 9.59 Å². The van der Waals surface area contributed by atoms with Crippen molar-refractivity contribution in [3.63, 3.8) is 0 Å². The molecule has 0 aromatic heterocycles. The van der Waals surface area contributed by atoms with Crippen molar-refractivity contribution in [1.29, 1.82) is 0 Å². The fraction of sp³-hybridized carbons (Fsp3) is 0.568. The average Bonchev–Trinajstić information content (AvgIpc) is 0.670. The number of amides is 8. The second-order valence-electron chi connectivity index (χ2n) is 29.6. The number of anilines is 1. The first-order chi connectivity index (χ1) is 48.8. The number of fused-ring (bicyclic) bond motifs is 5. The molecular weight excluding hydrogens is 1350 g/mol. The Balaban J connectivity index is 0.999. The molecule has 30 heteroatoms. The summed E-state index contributed by atoms with van der Waals surface area (Å²) in [7, 11) is 0. The molecule has 3 aromatic carbocycles. The van der Waals surface area contributed by atoms with Gasteiger partial charge in [0.15, 0.2) is 11.4 Å². The lowest BCUT2D eigenvalue weighted by Crippen LogP contribution is -2.81. The van der Waals surface area contributed by atoms with Crippen LogP contribution in [0.5, 0.6) is 0 Å². The van der Waals surface area contributed by atoms with E-state index in [9.17, 15) is 63.3 Å². The van der Waals surface area contributed by atoms with Gasteiger partial charge in [0.05, 0.1) is 29.6 Å². The summed E-state index contributed by atoms with van der Waals surface area (Å²) < 4.78 is 42.4. The number of carbonyl (C=O) groups is 12. The third kappa shape index (κ3) is 18.0. The van der Waals surface area contributed by atoms with Crippen LogP contribution in [0.15, 0.2) is 96.1 Å². The number of nitrogens with zero attached hydrogens (tertiary/aromatic N) is 2. The number of urea groups is 1. The van der Waals surface area contributed by atoms with Crippen LogP contribution < -0.4 is 32.3 Å². The molecule has 104 heavy (non-hydrogen) atoms. The van der Waals surface area contributed by atoms with Gasteiger partial charge < -0.3 is 90.6 Å². The predicted molar refractivity (Wildman–Crippen MR) is 371 cm³/mol. The van der Waals surface area contributed by atoms with Gasteiger partial charge in [-0.05, 0) is 99.9 Å². The highest BCUT2D eigenvalue weighted by molar-refractivity contribution is 5.99. The highest BCUT2D eigenvalue weighted by atomic mass is 16.6. The molecule has 10 N–H and O–H groups in total. The Morgan fingerprint density at radius 2 is 1.39 bits per heavy atom. The molecule has 3 aliphatic carbocycles. The summed E-state index contributed by atoms with van der Waals surface area (Å²) in [6, 6.07) is 17.3. The molecule has 13 atom stereocenters. The number of nitrogens with one attached hydrogen (secondary N) is 5. The van der Waals surface area contributed by atoms with E-state index in [1.165, 1.54) is 61.8 Å². The quantitative estimate of drug-likeness (QED) is 0.0222. The lowest BCUT2D eigenvalue weighted by molar-refractivity contribution is -0.346. The van der Waals surface area contributed by atoms with E-state index < -0.39 is 166 Å². The summed E-state index contributed by atoms with van der Waals surface area (Å²) in [4.78, 5) is 167. The van der Waals surface area contributed by atoms with Crippen molar-refractivity contribution in [2.45, 2.75) is 200 Å². The zero-order chi connectivity index (χ0) is 76.6. The maximum atomic E-state index is 15.5. The molecule has 3 aromatic rings. The van der Waals surface area contributed by atoms with E-state index in [0.29, 0.717) is 11.3 Å². The Labute approximate surface area is 603 Å². The number of alkyl carbamates (subject to hydrolysis) is 1. The lowest BCUT2D eigenvalue weighted by atomic mass is 9.44. The average molecular weight is 1450 g/mol. The van der Waals surface area contributed by atoms with Crippen molar-refractivity contribution >= 4 is 77.2 Å². The number of ketones is 2. The summed E-state index contributed by atoms with van der Waals surface area (Å²) in [5.41, 5.74) is -3.24. The van der Waals surface area contributed by atoms with Crippen LogP contribution in [0, 0.1) is 28.6 Å². The van der Waals surface area contributed by atoms with Crippen molar-refractivity contribution in [2.75, 3.05) is 44.6 Å². The van der Waals surface area contributed by atoms with Gasteiger partial charge in [-0.3, -0.25) is 28.8 Å². The summed E-state index contributed by atoms with van der Waals surface area (Å²) in [6.45, 7) is 17.6. The minimum absolute atomic E-state index is 0.00332. The van der Waals surface area contributed by atoms with Crippen LogP contribution in [-0.2, 0) is 73.3 Å². The summed E-state index contributed by atoms with van der Waals surface area (Å²) in [5.74, 6) is -8.36. The number of ether oxygens (including phenoxy) is 7. The second kappa shape index (κ2) is 33.1. The molecule has 0 unspecified atom stereocenters. The van der Waals surface area contributed by atoms with Gasteiger partial charge in [-0.2, -0.15) is 0 Å². The van der Waals surface area contributed by atoms with Gasteiger partial charge in [0.25, 0.3) is 0 Å². The van der Waals surface area contributed by atoms with Gasteiger partial charge in [-0.25, -0.2) is 28.8 Å². The summed E-state index contributed by atoms with van der Waals surface area (Å²) in [5, 5.41) is 52.0. The van der Waals surface area contributed by atoms with Crippen LogP contribution in [0.25, 0.3) is 0 Å². The fourth-order valence-corrected chi connectivity index (χ4v) is 14.4. The second-order valence-corrected chi connectivity index (χ2v) is 29.6. The Kier molecular flexibility index (Phi) is 25.5. The van der Waals surface area contributed by atoms with Gasteiger partial charge >= 0.3 is 42.2 Å². The van der Waals surface area contributed by atoms with Crippen LogP contribution in [0.3, 0.4) is 0 Å². The summed E-state index contributed by atoms with van der Waals surface area (Å²) >= 11 is 0. The third-order valence-corrected chi connectivity index (χ3v) is 20.3. The number of benzene rings is 3. The molecule has 30 nitrogen and oxygen atoms in total. The van der Waals surface area contributed by atoms with E-state index in [4.69, 9.17) is 38.9 Å². The standard InChI is InChI=1S/C74H98N8O22/c1-40(2)49(84)29-30-53(86)79-55(41(3)4)63(90)78-48(24-19-31-76-66(75)93)62(89)77-47-27-25-44(26-28-47)38-98-68(95)81-32-34-82(35-33-81)69(96)101-58(56(45-20-15-13-16-21-45)80-67(94)104-70(7,8)9)65(92)100-50-37-74(97)61(102-64(91)46-22-17-14-18-23-46)59-72(12,60(88)57(87)54(42(50)5)71(74,10)11)51(85)36-52-73(59,39-99-52)103-43(6)83/h13-18,20-23,25-28,40-41,48,50-52,55-59,61,85,87,97H,19,24,29-39H2,1-12H3,(H,77,89)(H,78,90)(H,79,86)(H,80,94)(H3,75,76,93)/t48-,50-,51-,52+,55-,56-,57+,58+,59-,61-,72+,73-,74+/m0/s1. The number of Topliss-reactive ketones (excluding diaryl/α,β-unsaturated/α-hetero) is 2. The maximum absolute atomic E-state index is 15.5. The summed E-state index contributed by atoms with van der Waals surface area (Å²) in [6.07, 6.45) is -14.3. The van der Waals surface area contributed by atoms with Gasteiger partial charge in [-0.15, -0.1) is 0 Å². The van der Waals surface area contributed by atoms with Crippen molar-refractivity contribution < 1.29 is 106 Å². The molecule has 0 radical (unpaired) electrons. The number of esters is 3. The van der Waals surface area contributed by atoms with Crippen molar-refractivity contribution in [3.8, 4) is 0 Å². The number of hydrogen-bond acceptors (Lipinski definition) is 22. The molecule has 8 rings (SSSR count). The monoisotopic (exact) mass is 1450 g/mol.